The van der Waals surface area contributed by atoms with Gasteiger partial charge in [0.1, 0.15) is 0 Å². The Hall–Kier alpha value is -0.0800. The van der Waals surface area contributed by atoms with Crippen LogP contribution in [-0.4, -0.2) is 24.4 Å². The first kappa shape index (κ1) is 10.8. The average Bonchev–Trinajstić information content (AvgIpc) is 3.22. The van der Waals surface area contributed by atoms with Gasteiger partial charge < -0.3 is 9.47 Å². The Labute approximate surface area is 104 Å². The van der Waals surface area contributed by atoms with E-state index in [1.165, 1.54) is 51.4 Å². The molecule has 6 atom stereocenters. The Balaban J connectivity index is 1.15. The molecule has 1 radical (unpaired) electrons. The normalized spacial score (nSPS) is 51.5. The molecule has 17 heavy (non-hydrogen) atoms. The van der Waals surface area contributed by atoms with Crippen LogP contribution in [0.3, 0.4) is 0 Å². The first-order valence-electron chi connectivity index (χ1n) is 7.53. The number of ether oxygens (including phenoxy) is 2. The molecule has 2 heteroatoms. The van der Waals surface area contributed by atoms with Crippen LogP contribution in [0.2, 0.25) is 0 Å². The van der Waals surface area contributed by atoms with Crippen LogP contribution in [0, 0.1) is 18.3 Å². The third kappa shape index (κ3) is 2.39. The molecule has 0 N–H and O–H groups in total. The van der Waals surface area contributed by atoms with Crippen molar-refractivity contribution in [2.45, 2.75) is 75.8 Å². The summed E-state index contributed by atoms with van der Waals surface area (Å²) in [6.45, 7) is 0. The molecule has 0 aromatic rings. The number of hydrogen-bond donors (Lipinski definition) is 0. The Morgan fingerprint density at radius 1 is 0.824 bits per heavy atom. The molecule has 2 aliphatic carbocycles. The SMILES string of the molecule is [CH](CCC1CCC2OC2C1)C1CCC2OC2C1. The zero-order valence-corrected chi connectivity index (χ0v) is 10.5. The molecule has 4 rings (SSSR count). The van der Waals surface area contributed by atoms with E-state index in [-0.39, 0.29) is 0 Å². The largest absolute Gasteiger partial charge is 0.370 e. The first-order chi connectivity index (χ1) is 8.38. The van der Waals surface area contributed by atoms with Crippen molar-refractivity contribution < 1.29 is 9.47 Å². The molecule has 0 amide bonds. The lowest BCUT2D eigenvalue weighted by Crippen LogP contribution is -2.16. The molecule has 95 valence electrons. The zero-order chi connectivity index (χ0) is 11.2. The van der Waals surface area contributed by atoms with Crippen molar-refractivity contribution in [3.05, 3.63) is 6.42 Å². The molecule has 4 aliphatic rings. The molecule has 2 heterocycles. The van der Waals surface area contributed by atoms with Crippen LogP contribution >= 0.6 is 0 Å². The van der Waals surface area contributed by atoms with Crippen LogP contribution in [0.4, 0.5) is 0 Å². The van der Waals surface area contributed by atoms with Gasteiger partial charge >= 0.3 is 0 Å². The predicted octanol–water partition coefficient (Wildman–Crippen LogP) is 3.11. The lowest BCUT2D eigenvalue weighted by atomic mass is 9.82. The Bertz CT molecular complexity index is 263. The van der Waals surface area contributed by atoms with Gasteiger partial charge in [-0.2, -0.15) is 0 Å². The summed E-state index contributed by atoms with van der Waals surface area (Å²) in [7, 11) is 0. The molecular formula is C15H23O2. The molecule has 2 saturated heterocycles. The summed E-state index contributed by atoms with van der Waals surface area (Å²) < 4.78 is 11.2. The van der Waals surface area contributed by atoms with E-state index >= 15 is 0 Å². The van der Waals surface area contributed by atoms with Crippen LogP contribution in [0.1, 0.15) is 51.4 Å². The number of rotatable bonds is 4. The van der Waals surface area contributed by atoms with Gasteiger partial charge in [-0.1, -0.05) is 6.42 Å². The predicted molar refractivity (Wildman–Crippen MR) is 65.5 cm³/mol. The lowest BCUT2D eigenvalue weighted by molar-refractivity contribution is 0.341. The summed E-state index contributed by atoms with van der Waals surface area (Å²) in [5.41, 5.74) is 0. The fourth-order valence-electron chi connectivity index (χ4n) is 3.97. The van der Waals surface area contributed by atoms with Crippen molar-refractivity contribution in [3.63, 3.8) is 0 Å². The standard InChI is InChI=1S/C15H23O2/c1(2-10-4-6-12-14(8-10)16-12)3-11-5-7-13-15(9-11)17-13/h2,10-15H,1,3-9H2. The molecule has 2 saturated carbocycles. The second-order valence-corrected chi connectivity index (χ2v) is 6.49. The first-order valence-corrected chi connectivity index (χ1v) is 7.53. The Kier molecular flexibility index (Phi) is 2.69. The number of hydrogen-bond acceptors (Lipinski definition) is 2. The van der Waals surface area contributed by atoms with Crippen molar-refractivity contribution in [3.8, 4) is 0 Å². The van der Waals surface area contributed by atoms with Crippen LogP contribution in [0.15, 0.2) is 0 Å². The maximum absolute atomic E-state index is 5.60. The van der Waals surface area contributed by atoms with Crippen LogP contribution in [0.25, 0.3) is 0 Å². The second-order valence-electron chi connectivity index (χ2n) is 6.49. The molecular weight excluding hydrogens is 212 g/mol. The summed E-state index contributed by atoms with van der Waals surface area (Å²) >= 11 is 0. The fraction of sp³-hybridized carbons (Fsp3) is 0.933. The fourth-order valence-corrected chi connectivity index (χ4v) is 3.97. The van der Waals surface area contributed by atoms with E-state index in [1.807, 2.05) is 0 Å². The van der Waals surface area contributed by atoms with Gasteiger partial charge in [-0.05, 0) is 63.2 Å². The van der Waals surface area contributed by atoms with Gasteiger partial charge in [0.2, 0.25) is 0 Å². The zero-order valence-electron chi connectivity index (χ0n) is 10.5. The highest BCUT2D eigenvalue weighted by Crippen LogP contribution is 2.43. The van der Waals surface area contributed by atoms with Crippen molar-refractivity contribution in [1.29, 1.82) is 0 Å². The molecule has 0 aromatic heterocycles. The van der Waals surface area contributed by atoms with E-state index in [9.17, 15) is 0 Å². The smallest absolute Gasteiger partial charge is 0.0844 e. The number of fused-ring (bicyclic) bond motifs is 2. The molecule has 0 bridgehead atoms. The van der Waals surface area contributed by atoms with Crippen molar-refractivity contribution >= 4 is 0 Å². The molecule has 2 nitrogen and oxygen atoms in total. The highest BCUT2D eigenvalue weighted by atomic mass is 16.6. The summed E-state index contributed by atoms with van der Waals surface area (Å²) in [5.74, 6) is 1.80. The van der Waals surface area contributed by atoms with Crippen molar-refractivity contribution in [2.75, 3.05) is 0 Å². The minimum absolute atomic E-state index is 0.639. The van der Waals surface area contributed by atoms with E-state index in [2.05, 4.69) is 6.42 Å². The van der Waals surface area contributed by atoms with Gasteiger partial charge in [0, 0.05) is 0 Å². The van der Waals surface area contributed by atoms with Gasteiger partial charge in [-0.15, -0.1) is 0 Å². The van der Waals surface area contributed by atoms with Gasteiger partial charge in [-0.25, -0.2) is 0 Å². The maximum atomic E-state index is 5.60. The third-order valence-electron chi connectivity index (χ3n) is 5.23. The lowest BCUT2D eigenvalue weighted by Gasteiger charge is -2.21. The van der Waals surface area contributed by atoms with Gasteiger partial charge in [0.05, 0.1) is 24.4 Å². The summed E-state index contributed by atoms with van der Waals surface area (Å²) in [5, 5.41) is 0. The molecule has 4 fully saturated rings. The van der Waals surface area contributed by atoms with Crippen LogP contribution < -0.4 is 0 Å². The molecule has 6 unspecified atom stereocenters. The monoisotopic (exact) mass is 235 g/mol. The van der Waals surface area contributed by atoms with E-state index in [1.54, 1.807) is 0 Å². The second kappa shape index (κ2) is 4.24. The van der Waals surface area contributed by atoms with Gasteiger partial charge in [-0.3, -0.25) is 0 Å². The maximum Gasteiger partial charge on any atom is 0.0844 e. The van der Waals surface area contributed by atoms with E-state index < -0.39 is 0 Å². The Morgan fingerprint density at radius 3 is 2.35 bits per heavy atom. The summed E-state index contributed by atoms with van der Waals surface area (Å²) in [6.07, 6.45) is 16.0. The summed E-state index contributed by atoms with van der Waals surface area (Å²) in [4.78, 5) is 0. The minimum atomic E-state index is 0.639. The van der Waals surface area contributed by atoms with Crippen LogP contribution in [0.5, 0.6) is 0 Å². The minimum Gasteiger partial charge on any atom is -0.370 e. The molecule has 2 aliphatic heterocycles. The Morgan fingerprint density at radius 2 is 1.59 bits per heavy atom. The highest BCUT2D eigenvalue weighted by molar-refractivity contribution is 4.96. The van der Waals surface area contributed by atoms with E-state index in [0.29, 0.717) is 24.4 Å². The third-order valence-corrected chi connectivity index (χ3v) is 5.23. The van der Waals surface area contributed by atoms with Crippen LogP contribution in [-0.2, 0) is 9.47 Å². The van der Waals surface area contributed by atoms with Gasteiger partial charge in [0.25, 0.3) is 0 Å². The molecule has 0 aromatic carbocycles. The van der Waals surface area contributed by atoms with Crippen molar-refractivity contribution in [1.82, 2.24) is 0 Å². The quantitative estimate of drug-likeness (QED) is 0.699. The highest BCUT2D eigenvalue weighted by Gasteiger charge is 2.44. The van der Waals surface area contributed by atoms with E-state index in [0.717, 1.165) is 11.8 Å². The summed E-state index contributed by atoms with van der Waals surface area (Å²) in [6, 6.07) is 0. The average molecular weight is 235 g/mol. The molecule has 0 spiro atoms. The van der Waals surface area contributed by atoms with E-state index in [4.69, 9.17) is 9.47 Å². The van der Waals surface area contributed by atoms with Gasteiger partial charge in [0.15, 0.2) is 0 Å². The number of epoxide rings is 2. The topological polar surface area (TPSA) is 25.1 Å². The van der Waals surface area contributed by atoms with Crippen molar-refractivity contribution in [2.24, 2.45) is 11.8 Å².